The maximum atomic E-state index is 12.7. The average Bonchev–Trinajstić information content (AvgIpc) is 3.32. The molecule has 132 valence electrons. The first kappa shape index (κ1) is 16.5. The molecule has 0 bridgehead atoms. The summed E-state index contributed by atoms with van der Waals surface area (Å²) in [6.07, 6.45) is 8.09. The highest BCUT2D eigenvalue weighted by atomic mass is 32.2. The van der Waals surface area contributed by atoms with Crippen LogP contribution in [0.5, 0.6) is 0 Å². The molecule has 2 saturated carbocycles. The van der Waals surface area contributed by atoms with E-state index < -0.39 is 10.0 Å². The Labute approximate surface area is 147 Å². The van der Waals surface area contributed by atoms with Crippen LogP contribution in [-0.4, -0.2) is 31.8 Å². The topological polar surface area (TPSA) is 66.5 Å². The molecule has 7 heteroatoms. The Morgan fingerprint density at radius 2 is 1.92 bits per heavy atom. The molecule has 24 heavy (non-hydrogen) atoms. The van der Waals surface area contributed by atoms with Crippen molar-refractivity contribution in [3.8, 4) is 0 Å². The van der Waals surface area contributed by atoms with Gasteiger partial charge in [-0.15, -0.1) is 11.3 Å². The van der Waals surface area contributed by atoms with E-state index in [0.717, 1.165) is 61.9 Å². The van der Waals surface area contributed by atoms with Gasteiger partial charge in [0.1, 0.15) is 4.21 Å². The number of amides is 1. The van der Waals surface area contributed by atoms with E-state index in [0.29, 0.717) is 10.8 Å². The number of nitrogens with one attached hydrogen (secondary N) is 1. The highest BCUT2D eigenvalue weighted by Crippen LogP contribution is 2.35. The maximum absolute atomic E-state index is 12.7. The van der Waals surface area contributed by atoms with Gasteiger partial charge in [0, 0.05) is 29.9 Å². The Morgan fingerprint density at radius 1 is 1.17 bits per heavy atom. The minimum absolute atomic E-state index is 0.0795. The van der Waals surface area contributed by atoms with Gasteiger partial charge in [-0.2, -0.15) is 0 Å². The van der Waals surface area contributed by atoms with E-state index in [4.69, 9.17) is 0 Å². The molecule has 1 amide bonds. The Morgan fingerprint density at radius 3 is 2.62 bits per heavy atom. The fraction of sp³-hybridized carbons (Fsp3) is 0.706. The Bertz CT molecular complexity index is 731. The summed E-state index contributed by atoms with van der Waals surface area (Å²) in [5.41, 5.74) is 1.02. The molecule has 1 aliphatic heterocycles. The second-order valence-corrected chi connectivity index (χ2v) is 10.3. The summed E-state index contributed by atoms with van der Waals surface area (Å²) in [5, 5.41) is 0. The van der Waals surface area contributed by atoms with Crippen LogP contribution in [0.3, 0.4) is 0 Å². The predicted octanol–water partition coefficient (Wildman–Crippen LogP) is 2.65. The van der Waals surface area contributed by atoms with E-state index in [1.54, 1.807) is 6.07 Å². The molecule has 0 atom stereocenters. The molecule has 2 fully saturated rings. The molecule has 0 aromatic carbocycles. The Balaban J connectivity index is 1.48. The summed E-state index contributed by atoms with van der Waals surface area (Å²) in [6.45, 7) is 1.29. The van der Waals surface area contributed by atoms with Crippen LogP contribution in [0.25, 0.3) is 0 Å². The summed E-state index contributed by atoms with van der Waals surface area (Å²) in [5.74, 6) is 0.470. The van der Waals surface area contributed by atoms with Gasteiger partial charge in [-0.3, -0.25) is 4.79 Å². The minimum atomic E-state index is -3.43. The first-order valence-corrected chi connectivity index (χ1v) is 11.3. The molecule has 3 aliphatic rings. The van der Waals surface area contributed by atoms with Gasteiger partial charge in [-0.05, 0) is 43.7 Å². The summed E-state index contributed by atoms with van der Waals surface area (Å²) < 4.78 is 28.6. The van der Waals surface area contributed by atoms with Crippen molar-refractivity contribution in [3.63, 3.8) is 0 Å². The lowest BCUT2D eigenvalue weighted by molar-refractivity contribution is -0.133. The van der Waals surface area contributed by atoms with Crippen LogP contribution in [0.4, 0.5) is 0 Å². The number of carbonyl (C=O) groups excluding carboxylic acids is 1. The first-order valence-electron chi connectivity index (χ1n) is 8.95. The summed E-state index contributed by atoms with van der Waals surface area (Å²) >= 11 is 1.38. The predicted molar refractivity (Wildman–Crippen MR) is 93.4 cm³/mol. The van der Waals surface area contributed by atoms with Crippen LogP contribution >= 0.6 is 11.3 Å². The summed E-state index contributed by atoms with van der Waals surface area (Å²) in [4.78, 5) is 15.3. The average molecular weight is 369 g/mol. The van der Waals surface area contributed by atoms with Gasteiger partial charge in [0.05, 0.1) is 0 Å². The third-order valence-electron chi connectivity index (χ3n) is 5.27. The zero-order valence-electron chi connectivity index (χ0n) is 13.8. The molecule has 2 heterocycles. The number of thiophene rings is 1. The number of hydrogen-bond acceptors (Lipinski definition) is 4. The smallest absolute Gasteiger partial charge is 0.250 e. The number of fused-ring (bicyclic) bond motifs is 1. The fourth-order valence-electron chi connectivity index (χ4n) is 3.71. The van der Waals surface area contributed by atoms with Crippen molar-refractivity contribution in [1.82, 2.24) is 9.62 Å². The molecule has 1 N–H and O–H groups in total. The number of sulfonamides is 1. The van der Waals surface area contributed by atoms with Crippen LogP contribution in [0.1, 0.15) is 55.4 Å². The van der Waals surface area contributed by atoms with Crippen LogP contribution in [0, 0.1) is 5.92 Å². The van der Waals surface area contributed by atoms with Gasteiger partial charge < -0.3 is 4.90 Å². The third kappa shape index (κ3) is 3.39. The zero-order chi connectivity index (χ0) is 16.7. The van der Waals surface area contributed by atoms with Crippen molar-refractivity contribution in [2.24, 2.45) is 5.92 Å². The second-order valence-electron chi connectivity index (χ2n) is 7.25. The molecule has 2 aliphatic carbocycles. The standard InChI is InChI=1S/C17H24N2O3S2/c20-17(12-6-7-12)19-9-8-15-13(11-19)10-16(23-15)24(21,22)18-14-4-2-1-3-5-14/h10,12,14,18H,1-9,11H2. The van der Waals surface area contributed by atoms with Crippen molar-refractivity contribution in [3.05, 3.63) is 16.5 Å². The first-order chi connectivity index (χ1) is 11.5. The van der Waals surface area contributed by atoms with Crippen LogP contribution < -0.4 is 4.72 Å². The van der Waals surface area contributed by atoms with Crippen molar-refractivity contribution >= 4 is 27.3 Å². The van der Waals surface area contributed by atoms with Crippen LogP contribution in [0.15, 0.2) is 10.3 Å². The molecule has 0 spiro atoms. The molecule has 0 saturated heterocycles. The normalized spacial score (nSPS) is 22.4. The summed E-state index contributed by atoms with van der Waals surface area (Å²) in [6, 6.07) is 1.87. The maximum Gasteiger partial charge on any atom is 0.250 e. The lowest BCUT2D eigenvalue weighted by atomic mass is 9.96. The molecule has 5 nitrogen and oxygen atoms in total. The molecular weight excluding hydrogens is 344 g/mol. The number of nitrogens with zero attached hydrogens (tertiary/aromatic N) is 1. The number of hydrogen-bond donors (Lipinski definition) is 1. The second kappa shape index (κ2) is 6.42. The van der Waals surface area contributed by atoms with Crippen molar-refractivity contribution < 1.29 is 13.2 Å². The monoisotopic (exact) mass is 368 g/mol. The summed E-state index contributed by atoms with van der Waals surface area (Å²) in [7, 11) is -3.43. The van der Waals surface area contributed by atoms with Crippen LogP contribution in [-0.2, 0) is 27.8 Å². The molecular formula is C17H24N2O3S2. The molecule has 0 unspecified atom stereocenters. The highest BCUT2D eigenvalue weighted by Gasteiger charge is 2.35. The van der Waals surface area contributed by atoms with E-state index in [1.165, 1.54) is 17.8 Å². The van der Waals surface area contributed by atoms with Gasteiger partial charge >= 0.3 is 0 Å². The van der Waals surface area contributed by atoms with Gasteiger partial charge in [0.25, 0.3) is 0 Å². The zero-order valence-corrected chi connectivity index (χ0v) is 15.4. The molecule has 1 aromatic rings. The highest BCUT2D eigenvalue weighted by molar-refractivity contribution is 7.91. The molecule has 0 radical (unpaired) electrons. The van der Waals surface area contributed by atoms with E-state index in [-0.39, 0.29) is 17.9 Å². The van der Waals surface area contributed by atoms with Crippen LogP contribution in [0.2, 0.25) is 0 Å². The molecule has 4 rings (SSSR count). The third-order valence-corrected chi connectivity index (χ3v) is 8.51. The van der Waals surface area contributed by atoms with E-state index >= 15 is 0 Å². The fourth-order valence-corrected chi connectivity index (χ4v) is 6.58. The lowest BCUT2D eigenvalue weighted by Crippen LogP contribution is -2.36. The van der Waals surface area contributed by atoms with E-state index in [2.05, 4.69) is 4.72 Å². The van der Waals surface area contributed by atoms with Crippen molar-refractivity contribution in [2.45, 2.75) is 68.2 Å². The number of carbonyl (C=O) groups is 1. The largest absolute Gasteiger partial charge is 0.338 e. The minimum Gasteiger partial charge on any atom is -0.338 e. The van der Waals surface area contributed by atoms with Gasteiger partial charge in [-0.1, -0.05) is 19.3 Å². The van der Waals surface area contributed by atoms with E-state index in [1.807, 2.05) is 4.90 Å². The Kier molecular flexibility index (Phi) is 4.43. The molecule has 1 aromatic heterocycles. The van der Waals surface area contributed by atoms with Gasteiger partial charge in [0.15, 0.2) is 0 Å². The van der Waals surface area contributed by atoms with Gasteiger partial charge in [-0.25, -0.2) is 13.1 Å². The number of rotatable bonds is 4. The van der Waals surface area contributed by atoms with Crippen molar-refractivity contribution in [1.29, 1.82) is 0 Å². The quantitative estimate of drug-likeness (QED) is 0.888. The van der Waals surface area contributed by atoms with E-state index in [9.17, 15) is 13.2 Å². The van der Waals surface area contributed by atoms with Crippen molar-refractivity contribution in [2.75, 3.05) is 6.54 Å². The lowest BCUT2D eigenvalue weighted by Gasteiger charge is -2.26. The SMILES string of the molecule is O=C(C1CC1)N1CCc2sc(S(=O)(=O)NC3CCCCC3)cc2C1. The Hall–Kier alpha value is -0.920. The van der Waals surface area contributed by atoms with Gasteiger partial charge in [0.2, 0.25) is 15.9 Å².